The van der Waals surface area contributed by atoms with E-state index in [0.29, 0.717) is 12.8 Å². The Morgan fingerprint density at radius 1 is 1.25 bits per heavy atom. The Morgan fingerprint density at radius 3 is 2.75 bits per heavy atom. The SMILES string of the molecule is CC1(Oc2cccc3c2NCCC3)CCS(=O)(=O)CC1. The van der Waals surface area contributed by atoms with Crippen LogP contribution in [0.15, 0.2) is 18.2 Å². The highest BCUT2D eigenvalue weighted by atomic mass is 32.2. The predicted octanol–water partition coefficient (Wildman–Crippen LogP) is 2.39. The van der Waals surface area contributed by atoms with Crippen molar-refractivity contribution in [2.24, 2.45) is 0 Å². The summed E-state index contributed by atoms with van der Waals surface area (Å²) < 4.78 is 29.3. The molecule has 20 heavy (non-hydrogen) atoms. The summed E-state index contributed by atoms with van der Waals surface area (Å²) in [5.74, 6) is 1.32. The van der Waals surface area contributed by atoms with Crippen LogP contribution in [0.5, 0.6) is 5.75 Å². The second-order valence-electron chi connectivity index (χ2n) is 6.02. The summed E-state index contributed by atoms with van der Waals surface area (Å²) >= 11 is 0. The van der Waals surface area contributed by atoms with Crippen molar-refractivity contribution in [2.45, 2.75) is 38.2 Å². The molecule has 1 fully saturated rings. The molecule has 0 amide bonds. The molecule has 0 radical (unpaired) electrons. The quantitative estimate of drug-likeness (QED) is 0.910. The van der Waals surface area contributed by atoms with Gasteiger partial charge in [-0.3, -0.25) is 0 Å². The minimum absolute atomic E-state index is 0.228. The summed E-state index contributed by atoms with van der Waals surface area (Å²) in [6.07, 6.45) is 3.36. The molecule has 1 saturated heterocycles. The van der Waals surface area contributed by atoms with E-state index < -0.39 is 9.84 Å². The maximum absolute atomic E-state index is 11.6. The van der Waals surface area contributed by atoms with Gasteiger partial charge in [0.1, 0.15) is 11.4 Å². The van der Waals surface area contributed by atoms with Gasteiger partial charge in [-0.2, -0.15) is 0 Å². The molecule has 0 saturated carbocycles. The smallest absolute Gasteiger partial charge is 0.150 e. The average Bonchev–Trinajstić information content (AvgIpc) is 2.43. The molecule has 0 atom stereocenters. The number of aryl methyl sites for hydroxylation is 1. The van der Waals surface area contributed by atoms with Gasteiger partial charge >= 0.3 is 0 Å². The molecule has 2 aliphatic rings. The third-order valence-electron chi connectivity index (χ3n) is 4.28. The van der Waals surface area contributed by atoms with Crippen LogP contribution in [-0.4, -0.2) is 32.1 Å². The fourth-order valence-corrected chi connectivity index (χ4v) is 4.59. The van der Waals surface area contributed by atoms with Crippen molar-refractivity contribution in [2.75, 3.05) is 23.4 Å². The Morgan fingerprint density at radius 2 is 2.00 bits per heavy atom. The molecule has 0 aromatic heterocycles. The number of para-hydroxylation sites is 1. The van der Waals surface area contributed by atoms with Crippen LogP contribution in [0, 0.1) is 0 Å². The molecule has 2 heterocycles. The lowest BCUT2D eigenvalue weighted by molar-refractivity contribution is 0.0786. The Hall–Kier alpha value is -1.23. The van der Waals surface area contributed by atoms with Crippen LogP contribution >= 0.6 is 0 Å². The van der Waals surface area contributed by atoms with Gasteiger partial charge in [-0.1, -0.05) is 12.1 Å². The van der Waals surface area contributed by atoms with E-state index >= 15 is 0 Å². The van der Waals surface area contributed by atoms with Gasteiger partial charge in [0.05, 0.1) is 17.2 Å². The third-order valence-corrected chi connectivity index (χ3v) is 5.93. The number of rotatable bonds is 2. The summed E-state index contributed by atoms with van der Waals surface area (Å²) in [5.41, 5.74) is 2.01. The van der Waals surface area contributed by atoms with E-state index in [2.05, 4.69) is 11.4 Å². The number of ether oxygens (including phenoxy) is 1. The summed E-state index contributed by atoms with van der Waals surface area (Å²) in [5, 5.41) is 3.41. The molecule has 0 aliphatic carbocycles. The lowest BCUT2D eigenvalue weighted by atomic mass is 9.98. The molecule has 4 nitrogen and oxygen atoms in total. The zero-order valence-corrected chi connectivity index (χ0v) is 12.6. The zero-order valence-electron chi connectivity index (χ0n) is 11.8. The van der Waals surface area contributed by atoms with E-state index in [1.165, 1.54) is 5.56 Å². The number of fused-ring (bicyclic) bond motifs is 1. The van der Waals surface area contributed by atoms with Gasteiger partial charge in [-0.25, -0.2) is 8.42 Å². The second kappa shape index (κ2) is 4.95. The monoisotopic (exact) mass is 295 g/mol. The molecule has 3 rings (SSSR count). The molecular formula is C15H21NO3S. The van der Waals surface area contributed by atoms with Crippen LogP contribution in [0.4, 0.5) is 5.69 Å². The van der Waals surface area contributed by atoms with Crippen molar-refractivity contribution in [3.63, 3.8) is 0 Å². The molecule has 0 spiro atoms. The molecule has 5 heteroatoms. The number of anilines is 1. The number of sulfone groups is 1. The van der Waals surface area contributed by atoms with Gasteiger partial charge in [-0.15, -0.1) is 0 Å². The Balaban J connectivity index is 1.81. The minimum Gasteiger partial charge on any atom is -0.485 e. The first-order valence-corrected chi connectivity index (χ1v) is 9.05. The van der Waals surface area contributed by atoms with E-state index in [0.717, 1.165) is 30.8 Å². The Kier molecular flexibility index (Phi) is 3.40. The van der Waals surface area contributed by atoms with Gasteiger partial charge in [0, 0.05) is 19.4 Å². The second-order valence-corrected chi connectivity index (χ2v) is 8.33. The molecular weight excluding hydrogens is 274 g/mol. The molecule has 0 bridgehead atoms. The van der Waals surface area contributed by atoms with Crippen LogP contribution in [0.1, 0.15) is 31.7 Å². The van der Waals surface area contributed by atoms with E-state index in [1.807, 2.05) is 19.1 Å². The fourth-order valence-electron chi connectivity index (χ4n) is 2.90. The molecule has 2 aliphatic heterocycles. The third kappa shape index (κ3) is 2.77. The van der Waals surface area contributed by atoms with E-state index in [1.54, 1.807) is 0 Å². The standard InChI is InChI=1S/C15H21NO3S/c1-15(7-10-20(17,18)11-8-15)19-13-6-2-4-12-5-3-9-16-14(12)13/h2,4,6,16H,3,5,7-11H2,1H3. The van der Waals surface area contributed by atoms with E-state index in [-0.39, 0.29) is 17.1 Å². The van der Waals surface area contributed by atoms with Crippen molar-refractivity contribution in [3.05, 3.63) is 23.8 Å². The summed E-state index contributed by atoms with van der Waals surface area (Å²) in [6, 6.07) is 6.12. The number of nitrogens with one attached hydrogen (secondary N) is 1. The van der Waals surface area contributed by atoms with Crippen molar-refractivity contribution < 1.29 is 13.2 Å². The topological polar surface area (TPSA) is 55.4 Å². The minimum atomic E-state index is -2.86. The van der Waals surface area contributed by atoms with Gasteiger partial charge in [0.2, 0.25) is 0 Å². The van der Waals surface area contributed by atoms with Crippen molar-refractivity contribution in [3.8, 4) is 5.75 Å². The number of hydrogen-bond acceptors (Lipinski definition) is 4. The Labute approximate surface area is 120 Å². The largest absolute Gasteiger partial charge is 0.485 e. The predicted molar refractivity (Wildman–Crippen MR) is 80.2 cm³/mol. The molecule has 1 aromatic rings. The lowest BCUT2D eigenvalue weighted by Crippen LogP contribution is -2.41. The van der Waals surface area contributed by atoms with Gasteiger partial charge in [0.15, 0.2) is 9.84 Å². The first kappa shape index (κ1) is 13.7. The normalized spacial score (nSPS) is 23.4. The first-order valence-electron chi connectivity index (χ1n) is 7.23. The Bertz CT molecular complexity index is 596. The fraction of sp³-hybridized carbons (Fsp3) is 0.600. The molecule has 1 aromatic carbocycles. The van der Waals surface area contributed by atoms with Crippen LogP contribution in [0.2, 0.25) is 0 Å². The zero-order chi connectivity index (χ0) is 14.2. The highest BCUT2D eigenvalue weighted by Crippen LogP contribution is 2.37. The van der Waals surface area contributed by atoms with Gasteiger partial charge < -0.3 is 10.1 Å². The molecule has 0 unspecified atom stereocenters. The van der Waals surface area contributed by atoms with Crippen molar-refractivity contribution >= 4 is 15.5 Å². The van der Waals surface area contributed by atoms with Crippen LogP contribution < -0.4 is 10.1 Å². The van der Waals surface area contributed by atoms with E-state index in [4.69, 9.17) is 4.74 Å². The molecule has 1 N–H and O–H groups in total. The maximum Gasteiger partial charge on any atom is 0.150 e. The number of hydrogen-bond donors (Lipinski definition) is 1. The highest BCUT2D eigenvalue weighted by molar-refractivity contribution is 7.91. The molecule has 110 valence electrons. The van der Waals surface area contributed by atoms with Crippen molar-refractivity contribution in [1.82, 2.24) is 0 Å². The van der Waals surface area contributed by atoms with Crippen LogP contribution in [0.25, 0.3) is 0 Å². The summed E-state index contributed by atoms with van der Waals surface area (Å²) in [4.78, 5) is 0. The summed E-state index contributed by atoms with van der Waals surface area (Å²) in [7, 11) is -2.86. The number of benzene rings is 1. The van der Waals surface area contributed by atoms with E-state index in [9.17, 15) is 8.42 Å². The van der Waals surface area contributed by atoms with Crippen LogP contribution in [-0.2, 0) is 16.3 Å². The van der Waals surface area contributed by atoms with Gasteiger partial charge in [0.25, 0.3) is 0 Å². The first-order chi connectivity index (χ1) is 9.48. The van der Waals surface area contributed by atoms with Crippen LogP contribution in [0.3, 0.4) is 0 Å². The lowest BCUT2D eigenvalue weighted by Gasteiger charge is -2.35. The summed E-state index contributed by atoms with van der Waals surface area (Å²) in [6.45, 7) is 2.99. The highest BCUT2D eigenvalue weighted by Gasteiger charge is 2.35. The van der Waals surface area contributed by atoms with Gasteiger partial charge in [-0.05, 0) is 31.4 Å². The maximum atomic E-state index is 11.6. The van der Waals surface area contributed by atoms with Crippen molar-refractivity contribution in [1.29, 1.82) is 0 Å². The average molecular weight is 295 g/mol.